The van der Waals surface area contributed by atoms with Crippen LogP contribution in [0.3, 0.4) is 0 Å². The minimum absolute atomic E-state index is 0.316. The molecule has 5 nitrogen and oxygen atoms in total. The van der Waals surface area contributed by atoms with Crippen LogP contribution in [-0.2, 0) is 0 Å². The number of halogens is 1. The summed E-state index contributed by atoms with van der Waals surface area (Å²) in [4.78, 5) is 22.9. The van der Waals surface area contributed by atoms with Crippen LogP contribution in [0.25, 0.3) is 10.4 Å². The second-order valence-corrected chi connectivity index (χ2v) is 4.56. The van der Waals surface area contributed by atoms with Gasteiger partial charge in [0.1, 0.15) is 5.82 Å². The molecular weight excluding hydrogens is 269 g/mol. The van der Waals surface area contributed by atoms with Crippen molar-refractivity contribution in [2.24, 2.45) is 5.73 Å². The Bertz CT molecular complexity index is 610. The number of benzene rings is 1. The number of urea groups is 1. The normalized spacial score (nSPS) is 9.95. The van der Waals surface area contributed by atoms with Crippen molar-refractivity contribution in [2.75, 3.05) is 0 Å². The topological polar surface area (TPSA) is 84.2 Å². The number of primary amides is 1. The number of carbonyl (C=O) groups is 2. The van der Waals surface area contributed by atoms with Gasteiger partial charge in [0.15, 0.2) is 0 Å². The first kappa shape index (κ1) is 13.0. The van der Waals surface area contributed by atoms with Gasteiger partial charge in [-0.1, -0.05) is 12.1 Å². The van der Waals surface area contributed by atoms with Gasteiger partial charge in [-0.3, -0.25) is 10.2 Å². The molecule has 2 rings (SSSR count). The van der Waals surface area contributed by atoms with E-state index in [1.807, 2.05) is 5.43 Å². The van der Waals surface area contributed by atoms with E-state index in [1.54, 1.807) is 23.6 Å². The fraction of sp³-hybridized carbons (Fsp3) is 0. The lowest BCUT2D eigenvalue weighted by Crippen LogP contribution is -2.44. The molecule has 0 radical (unpaired) electrons. The summed E-state index contributed by atoms with van der Waals surface area (Å²) >= 11 is 1.34. The molecule has 0 spiro atoms. The van der Waals surface area contributed by atoms with E-state index in [1.165, 1.54) is 23.5 Å². The molecule has 0 aliphatic rings. The molecule has 19 heavy (non-hydrogen) atoms. The Morgan fingerprint density at radius 3 is 2.47 bits per heavy atom. The maximum absolute atomic E-state index is 12.8. The second kappa shape index (κ2) is 5.49. The summed E-state index contributed by atoms with van der Waals surface area (Å²) in [5.74, 6) is -0.785. The Labute approximate surface area is 112 Å². The van der Waals surface area contributed by atoms with Crippen LogP contribution in [0.15, 0.2) is 35.7 Å². The van der Waals surface area contributed by atoms with Crippen LogP contribution in [-0.4, -0.2) is 11.9 Å². The molecule has 1 heterocycles. The quantitative estimate of drug-likeness (QED) is 0.733. The number of hydrogen-bond acceptors (Lipinski definition) is 3. The van der Waals surface area contributed by atoms with E-state index in [-0.39, 0.29) is 5.82 Å². The van der Waals surface area contributed by atoms with Gasteiger partial charge in [-0.15, -0.1) is 11.3 Å². The number of nitrogens with two attached hydrogens (primary N) is 1. The average Bonchev–Trinajstić information content (AvgIpc) is 2.86. The van der Waals surface area contributed by atoms with Gasteiger partial charge in [-0.05, 0) is 23.8 Å². The largest absolute Gasteiger partial charge is 0.350 e. The summed E-state index contributed by atoms with van der Waals surface area (Å²) in [5.41, 5.74) is 10.2. The highest BCUT2D eigenvalue weighted by Crippen LogP contribution is 2.27. The Morgan fingerprint density at radius 1 is 1.16 bits per heavy atom. The molecular formula is C12H10FN3O2S. The molecule has 7 heteroatoms. The van der Waals surface area contributed by atoms with Crippen LogP contribution < -0.4 is 16.6 Å². The lowest BCUT2D eigenvalue weighted by molar-refractivity contribution is 0.0938. The zero-order valence-corrected chi connectivity index (χ0v) is 10.5. The molecule has 98 valence electrons. The Kier molecular flexibility index (Phi) is 3.76. The van der Waals surface area contributed by atoms with Gasteiger partial charge in [-0.2, -0.15) is 0 Å². The summed E-state index contributed by atoms with van der Waals surface area (Å²) in [7, 11) is 0. The van der Waals surface area contributed by atoms with Crippen molar-refractivity contribution in [1.82, 2.24) is 10.9 Å². The molecule has 0 unspecified atom stereocenters. The van der Waals surface area contributed by atoms with Gasteiger partial charge in [0, 0.05) is 10.3 Å². The SMILES string of the molecule is NC(=O)NNC(=O)c1csc(-c2ccc(F)cc2)c1. The highest BCUT2D eigenvalue weighted by molar-refractivity contribution is 7.13. The predicted octanol–water partition coefficient (Wildman–Crippen LogP) is 1.87. The average molecular weight is 279 g/mol. The minimum atomic E-state index is -0.845. The monoisotopic (exact) mass is 279 g/mol. The molecule has 2 aromatic rings. The molecule has 0 fully saturated rings. The molecule has 0 bridgehead atoms. The van der Waals surface area contributed by atoms with Gasteiger partial charge in [0.25, 0.3) is 5.91 Å². The summed E-state index contributed by atoms with van der Waals surface area (Å²) < 4.78 is 12.8. The van der Waals surface area contributed by atoms with Gasteiger partial charge in [0.2, 0.25) is 0 Å². The number of rotatable bonds is 2. The number of carbonyl (C=O) groups excluding carboxylic acids is 2. The van der Waals surface area contributed by atoms with Crippen LogP contribution in [0.2, 0.25) is 0 Å². The Balaban J connectivity index is 2.12. The molecule has 4 N–H and O–H groups in total. The number of hydrogen-bond donors (Lipinski definition) is 3. The molecule has 3 amide bonds. The van der Waals surface area contributed by atoms with Crippen molar-refractivity contribution in [3.8, 4) is 10.4 Å². The molecule has 1 aromatic carbocycles. The second-order valence-electron chi connectivity index (χ2n) is 3.65. The highest BCUT2D eigenvalue weighted by Gasteiger charge is 2.10. The van der Waals surface area contributed by atoms with Crippen LogP contribution in [0.5, 0.6) is 0 Å². The van der Waals surface area contributed by atoms with Crippen molar-refractivity contribution in [3.05, 3.63) is 47.1 Å². The third-order valence-corrected chi connectivity index (χ3v) is 3.27. The third-order valence-electron chi connectivity index (χ3n) is 2.29. The van der Waals surface area contributed by atoms with Gasteiger partial charge >= 0.3 is 6.03 Å². The molecule has 0 atom stereocenters. The predicted molar refractivity (Wildman–Crippen MR) is 69.9 cm³/mol. The zero-order valence-electron chi connectivity index (χ0n) is 9.64. The Hall–Kier alpha value is -2.41. The van der Waals surface area contributed by atoms with Crippen molar-refractivity contribution >= 4 is 23.3 Å². The maximum Gasteiger partial charge on any atom is 0.330 e. The molecule has 1 aromatic heterocycles. The zero-order chi connectivity index (χ0) is 13.8. The smallest absolute Gasteiger partial charge is 0.330 e. The van der Waals surface area contributed by atoms with E-state index < -0.39 is 11.9 Å². The first-order valence-electron chi connectivity index (χ1n) is 5.26. The first-order chi connectivity index (χ1) is 9.06. The Morgan fingerprint density at radius 2 is 1.84 bits per heavy atom. The molecule has 0 aliphatic heterocycles. The van der Waals surface area contributed by atoms with E-state index in [0.717, 1.165) is 10.4 Å². The first-order valence-corrected chi connectivity index (χ1v) is 6.14. The van der Waals surface area contributed by atoms with Crippen LogP contribution in [0.4, 0.5) is 9.18 Å². The van der Waals surface area contributed by atoms with Gasteiger partial charge in [-0.25, -0.2) is 14.6 Å². The molecule has 0 saturated carbocycles. The maximum atomic E-state index is 12.8. The van der Waals surface area contributed by atoms with Crippen molar-refractivity contribution in [2.45, 2.75) is 0 Å². The fourth-order valence-electron chi connectivity index (χ4n) is 1.41. The number of nitrogens with one attached hydrogen (secondary N) is 2. The summed E-state index contributed by atoms with van der Waals surface area (Å²) in [6.45, 7) is 0. The number of amides is 3. The van der Waals surface area contributed by atoms with Crippen LogP contribution >= 0.6 is 11.3 Å². The van der Waals surface area contributed by atoms with E-state index in [9.17, 15) is 14.0 Å². The number of thiophene rings is 1. The van der Waals surface area contributed by atoms with E-state index in [2.05, 4.69) is 5.43 Å². The minimum Gasteiger partial charge on any atom is -0.350 e. The van der Waals surface area contributed by atoms with Crippen molar-refractivity contribution < 1.29 is 14.0 Å². The fourth-order valence-corrected chi connectivity index (χ4v) is 2.31. The van der Waals surface area contributed by atoms with E-state index in [4.69, 9.17) is 5.73 Å². The number of hydrazine groups is 1. The van der Waals surface area contributed by atoms with E-state index in [0.29, 0.717) is 5.56 Å². The van der Waals surface area contributed by atoms with Crippen molar-refractivity contribution in [3.63, 3.8) is 0 Å². The summed E-state index contributed by atoms with van der Waals surface area (Å²) in [6, 6.07) is 6.76. The lowest BCUT2D eigenvalue weighted by atomic mass is 10.1. The molecule has 0 aliphatic carbocycles. The highest BCUT2D eigenvalue weighted by atomic mass is 32.1. The molecule has 0 saturated heterocycles. The van der Waals surface area contributed by atoms with Crippen LogP contribution in [0, 0.1) is 5.82 Å². The van der Waals surface area contributed by atoms with Gasteiger partial charge in [0.05, 0.1) is 5.56 Å². The van der Waals surface area contributed by atoms with Crippen molar-refractivity contribution in [1.29, 1.82) is 0 Å². The van der Waals surface area contributed by atoms with Gasteiger partial charge < -0.3 is 5.73 Å². The summed E-state index contributed by atoms with van der Waals surface area (Å²) in [6.07, 6.45) is 0. The van der Waals surface area contributed by atoms with E-state index >= 15 is 0 Å². The standard InChI is InChI=1S/C12H10FN3O2S/c13-9-3-1-7(2-4-9)10-5-8(6-19-10)11(17)15-16-12(14)18/h1-6H,(H,15,17)(H3,14,16,18). The summed E-state index contributed by atoms with van der Waals surface area (Å²) in [5, 5.41) is 1.64. The lowest BCUT2D eigenvalue weighted by Gasteiger charge is -2.02. The third kappa shape index (κ3) is 3.29. The van der Waals surface area contributed by atoms with Crippen LogP contribution in [0.1, 0.15) is 10.4 Å².